The van der Waals surface area contributed by atoms with Crippen molar-refractivity contribution < 1.29 is 0 Å². The number of rotatable bonds is 20. The molecule has 1 aliphatic carbocycles. The van der Waals surface area contributed by atoms with Gasteiger partial charge in [0.1, 0.15) is 12.1 Å². The number of hydrogen-bond donors (Lipinski definition) is 0. The van der Waals surface area contributed by atoms with Crippen molar-refractivity contribution in [3.05, 3.63) is 241 Å². The molecule has 0 spiro atoms. The fourth-order valence-corrected chi connectivity index (χ4v) is 14.6. The molecule has 0 N–H and O–H groups in total. The van der Waals surface area contributed by atoms with Crippen LogP contribution in [0.15, 0.2) is 219 Å². The summed E-state index contributed by atoms with van der Waals surface area (Å²) < 4.78 is 4.75. The number of benzene rings is 10. The number of aryl methyl sites for hydroxylation is 2. The minimum Gasteiger partial charge on any atom is -0.309 e. The Morgan fingerprint density at radius 3 is 1.41 bits per heavy atom. The molecule has 14 rings (SSSR count). The standard InChI is InChI=1S/C81H76N4/c1-5-7-9-11-13-22-46-81(47-23-14-12-10-8-6-2)73-51-62(59-36-34-58(35-37-59)57-32-30-55(3)31-33-57)38-42-65(73)66-43-39-63(52-74(66)81)69-53-75-72(48-56(69)4)80(83-54-82-75)85-77-29-21-19-27-68(77)71-50-61(41-45-79(71)85)60-40-44-78-70(49-60)67-26-18-20-28-76(67)84(78)64-24-16-15-17-25-64/h15-21,24-45,48-54H,5-14,22-23,46-47H2,1-4H3. The summed E-state index contributed by atoms with van der Waals surface area (Å²) in [6.45, 7) is 9.10. The van der Waals surface area contributed by atoms with E-state index in [1.165, 1.54) is 193 Å². The van der Waals surface area contributed by atoms with Gasteiger partial charge in [0.2, 0.25) is 0 Å². The molecule has 10 aromatic carbocycles. The maximum Gasteiger partial charge on any atom is 0.148 e. The first-order valence-corrected chi connectivity index (χ1v) is 31.7. The van der Waals surface area contributed by atoms with Crippen LogP contribution >= 0.6 is 0 Å². The van der Waals surface area contributed by atoms with Gasteiger partial charge in [-0.1, -0.05) is 236 Å². The summed E-state index contributed by atoms with van der Waals surface area (Å²) in [5.41, 5.74) is 25.1. The Bertz CT molecular complexity index is 4560. The fourth-order valence-electron chi connectivity index (χ4n) is 14.6. The van der Waals surface area contributed by atoms with Gasteiger partial charge in [-0.15, -0.1) is 0 Å². The van der Waals surface area contributed by atoms with Crippen LogP contribution in [0.3, 0.4) is 0 Å². The summed E-state index contributed by atoms with van der Waals surface area (Å²) in [5.74, 6) is 0.899. The van der Waals surface area contributed by atoms with Crippen molar-refractivity contribution in [2.75, 3.05) is 0 Å². The van der Waals surface area contributed by atoms with Crippen molar-refractivity contribution in [3.63, 3.8) is 0 Å². The second-order valence-corrected chi connectivity index (χ2v) is 24.5. The Balaban J connectivity index is 0.843. The zero-order chi connectivity index (χ0) is 57.4. The highest BCUT2D eigenvalue weighted by Gasteiger charge is 2.43. The molecule has 0 fully saturated rings. The molecule has 13 aromatic rings. The van der Waals surface area contributed by atoms with E-state index in [2.05, 4.69) is 249 Å². The van der Waals surface area contributed by atoms with Gasteiger partial charge in [-0.3, -0.25) is 4.57 Å². The van der Waals surface area contributed by atoms with Gasteiger partial charge in [-0.25, -0.2) is 9.97 Å². The predicted octanol–water partition coefficient (Wildman–Crippen LogP) is 22.9. The molecule has 85 heavy (non-hydrogen) atoms. The van der Waals surface area contributed by atoms with E-state index in [9.17, 15) is 0 Å². The van der Waals surface area contributed by atoms with E-state index in [4.69, 9.17) is 9.97 Å². The molecule has 0 unspecified atom stereocenters. The van der Waals surface area contributed by atoms with Crippen LogP contribution in [0.4, 0.5) is 0 Å². The predicted molar refractivity (Wildman–Crippen MR) is 362 cm³/mol. The molecular weight excluding hydrogens is 1030 g/mol. The average Bonchev–Trinajstić information content (AvgIpc) is 1.69. The van der Waals surface area contributed by atoms with Gasteiger partial charge in [0, 0.05) is 38.0 Å². The lowest BCUT2D eigenvalue weighted by Gasteiger charge is -2.33. The zero-order valence-electron chi connectivity index (χ0n) is 50.0. The van der Waals surface area contributed by atoms with E-state index in [1.807, 2.05) is 0 Å². The van der Waals surface area contributed by atoms with Crippen LogP contribution in [0.1, 0.15) is 126 Å². The maximum atomic E-state index is 5.16. The van der Waals surface area contributed by atoms with Crippen molar-refractivity contribution >= 4 is 54.5 Å². The van der Waals surface area contributed by atoms with E-state index in [-0.39, 0.29) is 5.41 Å². The van der Waals surface area contributed by atoms with Crippen LogP contribution in [0, 0.1) is 13.8 Å². The number of para-hydroxylation sites is 3. The lowest BCUT2D eigenvalue weighted by Crippen LogP contribution is -2.25. The van der Waals surface area contributed by atoms with Gasteiger partial charge in [0.15, 0.2) is 0 Å². The highest BCUT2D eigenvalue weighted by molar-refractivity contribution is 6.13. The molecule has 0 saturated heterocycles. The molecule has 0 bridgehead atoms. The molecule has 1 aliphatic rings. The van der Waals surface area contributed by atoms with Crippen molar-refractivity contribution in [1.29, 1.82) is 0 Å². The Hall–Kier alpha value is -8.86. The first-order valence-electron chi connectivity index (χ1n) is 31.7. The molecule has 4 heteroatoms. The number of fused-ring (bicyclic) bond motifs is 10. The Labute approximate surface area is 501 Å². The van der Waals surface area contributed by atoms with E-state index >= 15 is 0 Å². The van der Waals surface area contributed by atoms with Crippen molar-refractivity contribution in [2.45, 2.75) is 123 Å². The molecular formula is C81H76N4. The molecule has 0 atom stereocenters. The largest absolute Gasteiger partial charge is 0.309 e. The summed E-state index contributed by atoms with van der Waals surface area (Å²) in [5, 5.41) is 5.95. The van der Waals surface area contributed by atoms with E-state index in [1.54, 1.807) is 6.33 Å². The lowest BCUT2D eigenvalue weighted by atomic mass is 9.70. The quantitative estimate of drug-likeness (QED) is 0.0713. The number of aromatic nitrogens is 4. The maximum absolute atomic E-state index is 5.16. The average molecular weight is 1110 g/mol. The highest BCUT2D eigenvalue weighted by Crippen LogP contribution is 2.56. The lowest BCUT2D eigenvalue weighted by molar-refractivity contribution is 0.398. The molecule has 0 radical (unpaired) electrons. The summed E-state index contributed by atoms with van der Waals surface area (Å²) in [6.07, 6.45) is 19.6. The zero-order valence-corrected chi connectivity index (χ0v) is 50.0. The van der Waals surface area contributed by atoms with Gasteiger partial charge >= 0.3 is 0 Å². The monoisotopic (exact) mass is 1100 g/mol. The fraction of sp³-hybridized carbons (Fsp3) is 0.235. The summed E-state index contributed by atoms with van der Waals surface area (Å²) >= 11 is 0. The second kappa shape index (κ2) is 23.3. The van der Waals surface area contributed by atoms with Crippen LogP contribution in [-0.4, -0.2) is 19.1 Å². The summed E-state index contributed by atoms with van der Waals surface area (Å²) in [6, 6.07) is 80.0. The smallest absolute Gasteiger partial charge is 0.148 e. The van der Waals surface area contributed by atoms with Crippen LogP contribution in [0.5, 0.6) is 0 Å². The van der Waals surface area contributed by atoms with Crippen LogP contribution in [0.2, 0.25) is 0 Å². The summed E-state index contributed by atoms with van der Waals surface area (Å²) in [4.78, 5) is 10.2. The number of unbranched alkanes of at least 4 members (excludes halogenated alkanes) is 10. The second-order valence-electron chi connectivity index (χ2n) is 24.5. The molecule has 3 aromatic heterocycles. The SMILES string of the molecule is CCCCCCCCC1(CCCCCCCC)c2cc(-c3ccc(-c4ccc(C)cc4)cc3)ccc2-c2ccc(-c3cc4ncnc(-n5c6ccccc6c6cc(-c7ccc8c(c7)c7ccccc7n8-c7ccccc7)ccc65)c4cc3C)cc21. The molecule has 0 aliphatic heterocycles. The molecule has 420 valence electrons. The van der Waals surface area contributed by atoms with E-state index < -0.39 is 0 Å². The third-order valence-electron chi connectivity index (χ3n) is 19.1. The molecule has 0 amide bonds. The topological polar surface area (TPSA) is 35.6 Å². The van der Waals surface area contributed by atoms with Crippen molar-refractivity contribution in [3.8, 4) is 67.1 Å². The third kappa shape index (κ3) is 9.94. The van der Waals surface area contributed by atoms with Crippen LogP contribution in [0.25, 0.3) is 122 Å². The number of hydrogen-bond acceptors (Lipinski definition) is 2. The van der Waals surface area contributed by atoms with Gasteiger partial charge in [0.25, 0.3) is 0 Å². The van der Waals surface area contributed by atoms with Gasteiger partial charge < -0.3 is 4.57 Å². The first kappa shape index (κ1) is 54.1. The molecule has 0 saturated carbocycles. The minimum absolute atomic E-state index is 0.0833. The van der Waals surface area contributed by atoms with Crippen LogP contribution in [-0.2, 0) is 5.41 Å². The third-order valence-corrected chi connectivity index (χ3v) is 19.1. The Morgan fingerprint density at radius 1 is 0.341 bits per heavy atom. The van der Waals surface area contributed by atoms with E-state index in [0.717, 1.165) is 40.6 Å². The normalized spacial score (nSPS) is 12.8. The van der Waals surface area contributed by atoms with Gasteiger partial charge in [-0.2, -0.15) is 0 Å². The minimum atomic E-state index is -0.0833. The molecule has 4 nitrogen and oxygen atoms in total. The molecule has 3 heterocycles. The Kier molecular flexibility index (Phi) is 14.8. The number of nitrogens with zero attached hydrogens (tertiary/aromatic N) is 4. The van der Waals surface area contributed by atoms with Gasteiger partial charge in [-0.05, 0) is 172 Å². The van der Waals surface area contributed by atoms with Crippen LogP contribution < -0.4 is 0 Å². The first-order chi connectivity index (χ1) is 41.9. The summed E-state index contributed by atoms with van der Waals surface area (Å²) in [7, 11) is 0. The Morgan fingerprint density at radius 2 is 0.800 bits per heavy atom. The highest BCUT2D eigenvalue weighted by atomic mass is 15.1. The van der Waals surface area contributed by atoms with Gasteiger partial charge in [0.05, 0.1) is 27.6 Å². The van der Waals surface area contributed by atoms with E-state index in [0.29, 0.717) is 0 Å². The van der Waals surface area contributed by atoms with Crippen molar-refractivity contribution in [2.24, 2.45) is 0 Å². The van der Waals surface area contributed by atoms with Crippen molar-refractivity contribution in [1.82, 2.24) is 19.1 Å².